The van der Waals surface area contributed by atoms with Crippen molar-refractivity contribution in [3.05, 3.63) is 169 Å². The van der Waals surface area contributed by atoms with Crippen molar-refractivity contribution in [2.45, 2.75) is 19.8 Å². The van der Waals surface area contributed by atoms with Crippen LogP contribution in [0, 0.1) is 12.1 Å². The number of furan rings is 1. The van der Waals surface area contributed by atoms with Gasteiger partial charge in [-0.25, -0.2) is 0 Å². The number of fused-ring (bicyclic) bond motifs is 4. The Morgan fingerprint density at radius 2 is 1.34 bits per heavy atom. The quantitative estimate of drug-likeness (QED) is 0.129. The molecule has 6 aromatic carbocycles. The van der Waals surface area contributed by atoms with Crippen molar-refractivity contribution < 1.29 is 29.1 Å². The Balaban J connectivity index is 0.000000167. The summed E-state index contributed by atoms with van der Waals surface area (Å²) in [6, 6.07) is 54.1. The number of hydrogen-bond donors (Lipinski definition) is 0. The summed E-state index contributed by atoms with van der Waals surface area (Å²) in [6.07, 6.45) is 1.87. The van der Waals surface area contributed by atoms with E-state index in [0.29, 0.717) is 5.92 Å². The van der Waals surface area contributed by atoms with Gasteiger partial charge in [-0.1, -0.05) is 127 Å². The standard InChI is InChI=1S/C24H18NO.C18H14OP.Ir/c1-15(2)16-10-11-18-17(14-16)12-13-25-23(18)21-8-5-7-20-19-6-3-4-9-22(19)26-24(20)21;19-20(16-10-4-1-5-11-16,17-12-6-2-7-13-17)18-14-8-3-9-15-18;/h3-7,9-15H,1-2H3;1-14H;/q2*-1;. The molecule has 0 N–H and O–H groups in total. The van der Waals surface area contributed by atoms with Crippen LogP contribution in [-0.2, 0) is 24.7 Å². The van der Waals surface area contributed by atoms with Crippen molar-refractivity contribution in [2.75, 3.05) is 0 Å². The van der Waals surface area contributed by atoms with Crippen LogP contribution in [0.5, 0.6) is 0 Å². The summed E-state index contributed by atoms with van der Waals surface area (Å²) in [5.74, 6) is 0.501. The van der Waals surface area contributed by atoms with Gasteiger partial charge < -0.3 is 14.0 Å². The maximum atomic E-state index is 13.8. The molecule has 2 aromatic heterocycles. The van der Waals surface area contributed by atoms with Gasteiger partial charge in [0.25, 0.3) is 0 Å². The molecule has 0 aliphatic heterocycles. The molecule has 2 heterocycles. The number of aromatic nitrogens is 1. The first-order valence-corrected chi connectivity index (χ1v) is 17.1. The van der Waals surface area contributed by atoms with Gasteiger partial charge in [0.15, 0.2) is 0 Å². The van der Waals surface area contributed by atoms with E-state index in [-0.39, 0.29) is 20.1 Å². The number of para-hydroxylation sites is 1. The largest absolute Gasteiger partial charge is 0.501 e. The van der Waals surface area contributed by atoms with Gasteiger partial charge in [-0.05, 0) is 40.1 Å². The molecule has 0 unspecified atom stereocenters. The molecule has 0 saturated heterocycles. The molecule has 0 bridgehead atoms. The summed E-state index contributed by atoms with van der Waals surface area (Å²) in [6.45, 7) is 4.43. The van der Waals surface area contributed by atoms with Crippen molar-refractivity contribution in [3.8, 4) is 11.3 Å². The van der Waals surface area contributed by atoms with Crippen LogP contribution in [0.15, 0.2) is 156 Å². The first kappa shape index (κ1) is 32.4. The molecule has 0 aliphatic rings. The number of benzene rings is 6. The average Bonchev–Trinajstić information content (AvgIpc) is 3.51. The third kappa shape index (κ3) is 6.25. The third-order valence-electron chi connectivity index (χ3n) is 8.30. The van der Waals surface area contributed by atoms with E-state index in [4.69, 9.17) is 4.42 Å². The number of hydrogen-bond acceptors (Lipinski definition) is 3. The first-order chi connectivity index (χ1) is 22.5. The molecular weight excluding hydrogens is 774 g/mol. The second-order valence-electron chi connectivity index (χ2n) is 11.5. The van der Waals surface area contributed by atoms with Gasteiger partial charge in [-0.2, -0.15) is 30.3 Å². The summed E-state index contributed by atoms with van der Waals surface area (Å²) in [5, 5.41) is 6.98. The Bertz CT molecular complexity index is 2210. The summed E-state index contributed by atoms with van der Waals surface area (Å²) in [7, 11) is -2.83. The monoisotopic (exact) mass is 806 g/mol. The minimum absolute atomic E-state index is 0. The molecule has 8 aromatic rings. The van der Waals surface area contributed by atoms with Crippen LogP contribution in [-0.4, -0.2) is 4.98 Å². The SMILES string of the molecule is CC(C)c1ccc2c(-c3[c-]ccc4c3oc3ccccc34)nccc2c1.O=P(c1[c-]cccc1)(c1ccccc1)c1ccccc1.[Ir]. The van der Waals surface area contributed by atoms with Crippen molar-refractivity contribution in [1.29, 1.82) is 0 Å². The zero-order valence-electron chi connectivity index (χ0n) is 26.1. The molecule has 1 radical (unpaired) electrons. The van der Waals surface area contributed by atoms with Crippen molar-refractivity contribution in [2.24, 2.45) is 0 Å². The Morgan fingerprint density at radius 1 is 0.660 bits per heavy atom. The molecule has 0 saturated carbocycles. The zero-order valence-corrected chi connectivity index (χ0v) is 29.3. The molecule has 233 valence electrons. The Morgan fingerprint density at radius 3 is 2.02 bits per heavy atom. The van der Waals surface area contributed by atoms with Crippen molar-refractivity contribution >= 4 is 55.8 Å². The van der Waals surface area contributed by atoms with E-state index < -0.39 is 7.14 Å². The molecule has 47 heavy (non-hydrogen) atoms. The number of pyridine rings is 1. The van der Waals surface area contributed by atoms with E-state index >= 15 is 0 Å². The van der Waals surface area contributed by atoms with Crippen LogP contribution in [0.4, 0.5) is 0 Å². The molecule has 8 rings (SSSR count). The Kier molecular flexibility index (Phi) is 9.66. The predicted molar refractivity (Wildman–Crippen MR) is 192 cm³/mol. The Hall–Kier alpha value is -4.59. The van der Waals surface area contributed by atoms with Crippen LogP contribution in [0.2, 0.25) is 0 Å². The fourth-order valence-corrected chi connectivity index (χ4v) is 8.49. The van der Waals surface area contributed by atoms with E-state index in [9.17, 15) is 4.57 Å². The number of nitrogens with zero attached hydrogens (tertiary/aromatic N) is 1. The van der Waals surface area contributed by atoms with Crippen molar-refractivity contribution in [1.82, 2.24) is 4.98 Å². The third-order valence-corrected chi connectivity index (χ3v) is 11.3. The second-order valence-corrected chi connectivity index (χ2v) is 14.2. The predicted octanol–water partition coefficient (Wildman–Crippen LogP) is 9.85. The molecule has 0 fully saturated rings. The minimum Gasteiger partial charge on any atom is -0.501 e. The maximum Gasteiger partial charge on any atom is 0.147 e. The van der Waals surface area contributed by atoms with Crippen LogP contribution < -0.4 is 15.9 Å². The molecular formula is C42H32IrNO2P-2. The summed E-state index contributed by atoms with van der Waals surface area (Å²) in [4.78, 5) is 4.68. The molecule has 3 nitrogen and oxygen atoms in total. The van der Waals surface area contributed by atoms with E-state index in [1.54, 1.807) is 0 Å². The van der Waals surface area contributed by atoms with Gasteiger partial charge >= 0.3 is 0 Å². The fourth-order valence-electron chi connectivity index (χ4n) is 5.90. The van der Waals surface area contributed by atoms with E-state index in [1.807, 2.05) is 115 Å². The van der Waals surface area contributed by atoms with E-state index in [1.165, 1.54) is 10.9 Å². The van der Waals surface area contributed by atoms with Crippen LogP contribution in [0.3, 0.4) is 0 Å². The molecule has 0 spiro atoms. The van der Waals surface area contributed by atoms with Crippen molar-refractivity contribution in [3.63, 3.8) is 0 Å². The number of rotatable bonds is 5. The molecule has 0 atom stereocenters. The maximum absolute atomic E-state index is 13.8. The van der Waals surface area contributed by atoms with E-state index in [0.717, 1.165) is 54.5 Å². The average molecular weight is 806 g/mol. The fraction of sp³-hybridized carbons (Fsp3) is 0.0714. The smallest absolute Gasteiger partial charge is 0.147 e. The molecule has 5 heteroatoms. The summed E-state index contributed by atoms with van der Waals surface area (Å²) >= 11 is 0. The van der Waals surface area contributed by atoms with Crippen LogP contribution >= 0.6 is 7.14 Å². The van der Waals surface area contributed by atoms with Gasteiger partial charge in [0.2, 0.25) is 0 Å². The second kappa shape index (κ2) is 14.0. The van der Waals surface area contributed by atoms with Gasteiger partial charge in [-0.15, -0.1) is 18.2 Å². The van der Waals surface area contributed by atoms with Gasteiger partial charge in [-0.3, -0.25) is 0 Å². The van der Waals surface area contributed by atoms with Gasteiger partial charge in [0.05, 0.1) is 5.58 Å². The molecule has 0 amide bonds. The van der Waals surface area contributed by atoms with Crippen LogP contribution in [0.25, 0.3) is 44.0 Å². The summed E-state index contributed by atoms with van der Waals surface area (Å²) in [5.41, 5.74) is 4.91. The molecule has 0 aliphatic carbocycles. The topological polar surface area (TPSA) is 43.1 Å². The zero-order chi connectivity index (χ0) is 31.5. The van der Waals surface area contributed by atoms with Crippen LogP contribution in [0.1, 0.15) is 25.3 Å². The summed E-state index contributed by atoms with van der Waals surface area (Å²) < 4.78 is 20.0. The van der Waals surface area contributed by atoms with Gasteiger partial charge in [0, 0.05) is 42.3 Å². The minimum atomic E-state index is -2.83. The van der Waals surface area contributed by atoms with Gasteiger partial charge in [0.1, 0.15) is 12.7 Å². The normalized spacial score (nSPS) is 11.3. The Labute approximate surface area is 289 Å². The van der Waals surface area contributed by atoms with E-state index in [2.05, 4.69) is 67.4 Å². The first-order valence-electron chi connectivity index (χ1n) is 15.4.